The van der Waals surface area contributed by atoms with Gasteiger partial charge < -0.3 is 21.5 Å². The van der Waals surface area contributed by atoms with Gasteiger partial charge in [0.05, 0.1) is 0 Å². The van der Waals surface area contributed by atoms with Crippen LogP contribution in [0.1, 0.15) is 12.0 Å². The van der Waals surface area contributed by atoms with Crippen LogP contribution in [0, 0.1) is 6.92 Å². The number of anilines is 3. The van der Waals surface area contributed by atoms with Gasteiger partial charge in [-0.05, 0) is 83.3 Å². The van der Waals surface area contributed by atoms with Gasteiger partial charge in [0, 0.05) is 56.4 Å². The van der Waals surface area contributed by atoms with E-state index >= 15 is 0 Å². The molecule has 0 aliphatic rings. The molecule has 0 atom stereocenters. The molecule has 0 unspecified atom stereocenters. The SMILES string of the molecule is Cc1cc(NC(=O)Nc2ccc3sc(-c4cc(-c5nnnn5CCCO)cnc4N)cc3c2)ccc1Cl. The van der Waals surface area contributed by atoms with E-state index in [1.165, 1.54) is 0 Å². The minimum Gasteiger partial charge on any atom is -0.396 e. The normalized spacial score (nSPS) is 11.1. The first-order chi connectivity index (χ1) is 17.9. The van der Waals surface area contributed by atoms with Crippen LogP contribution in [0.5, 0.6) is 0 Å². The highest BCUT2D eigenvalue weighted by atomic mass is 35.5. The first-order valence-corrected chi connectivity index (χ1v) is 12.6. The zero-order valence-corrected chi connectivity index (χ0v) is 21.3. The van der Waals surface area contributed by atoms with Crippen molar-refractivity contribution < 1.29 is 9.90 Å². The molecule has 0 aliphatic carbocycles. The van der Waals surface area contributed by atoms with Gasteiger partial charge in [-0.25, -0.2) is 14.5 Å². The molecule has 3 aromatic heterocycles. The number of rotatable bonds is 7. The lowest BCUT2D eigenvalue weighted by Gasteiger charge is -2.09. The number of nitrogen functional groups attached to an aromatic ring is 1. The van der Waals surface area contributed by atoms with Gasteiger partial charge in [-0.15, -0.1) is 16.4 Å². The van der Waals surface area contributed by atoms with Crippen LogP contribution < -0.4 is 16.4 Å². The molecule has 0 bridgehead atoms. The molecule has 2 aromatic carbocycles. The summed E-state index contributed by atoms with van der Waals surface area (Å²) in [6.07, 6.45) is 2.17. The summed E-state index contributed by atoms with van der Waals surface area (Å²) in [5.41, 5.74) is 9.91. The van der Waals surface area contributed by atoms with Gasteiger partial charge >= 0.3 is 6.03 Å². The number of thiophene rings is 1. The molecule has 2 amide bonds. The second-order valence-electron chi connectivity index (χ2n) is 8.37. The molecule has 12 heteroatoms. The molecule has 0 saturated heterocycles. The second kappa shape index (κ2) is 10.5. The molecule has 0 radical (unpaired) electrons. The molecule has 10 nitrogen and oxygen atoms in total. The third-order valence-electron chi connectivity index (χ3n) is 5.69. The molecule has 188 valence electrons. The van der Waals surface area contributed by atoms with Crippen LogP contribution in [0.3, 0.4) is 0 Å². The summed E-state index contributed by atoms with van der Waals surface area (Å²) < 4.78 is 2.67. The molecule has 5 rings (SSSR count). The van der Waals surface area contributed by atoms with Gasteiger partial charge in [-0.2, -0.15) is 0 Å². The van der Waals surface area contributed by atoms with E-state index in [2.05, 4.69) is 31.1 Å². The van der Waals surface area contributed by atoms with Crippen molar-refractivity contribution >= 4 is 56.2 Å². The van der Waals surface area contributed by atoms with Crippen LogP contribution in [0.15, 0.2) is 54.7 Å². The Labute approximate surface area is 221 Å². The standard InChI is InChI=1S/C25H23ClN8O2S/c1-14-9-17(3-5-20(14)26)29-25(36)30-18-4-6-21-15(10-18)12-22(37-21)19-11-16(13-28-23(19)27)24-31-32-33-34(24)7-2-8-35/h3-6,9-13,35H,2,7-8H2,1H3,(H2,27,28)(H2,29,30,36). The van der Waals surface area contributed by atoms with Crippen molar-refractivity contribution in [1.29, 1.82) is 0 Å². The molecular formula is C25H23ClN8O2S. The summed E-state index contributed by atoms with van der Waals surface area (Å²) in [5.74, 6) is 0.942. The van der Waals surface area contributed by atoms with Crippen molar-refractivity contribution in [3.05, 3.63) is 65.3 Å². The van der Waals surface area contributed by atoms with Crippen LogP contribution in [0.2, 0.25) is 5.02 Å². The van der Waals surface area contributed by atoms with Crippen molar-refractivity contribution in [3.8, 4) is 21.8 Å². The smallest absolute Gasteiger partial charge is 0.323 e. The van der Waals surface area contributed by atoms with Gasteiger partial charge in [0.1, 0.15) is 5.82 Å². The Bertz CT molecular complexity index is 1600. The number of hydrogen-bond acceptors (Lipinski definition) is 8. The highest BCUT2D eigenvalue weighted by molar-refractivity contribution is 7.22. The Morgan fingerprint density at radius 3 is 2.70 bits per heavy atom. The average Bonchev–Trinajstić information content (AvgIpc) is 3.52. The summed E-state index contributed by atoms with van der Waals surface area (Å²) in [7, 11) is 0. The Morgan fingerprint density at radius 2 is 1.92 bits per heavy atom. The van der Waals surface area contributed by atoms with E-state index in [9.17, 15) is 4.79 Å². The van der Waals surface area contributed by atoms with Gasteiger partial charge in [-0.3, -0.25) is 0 Å². The van der Waals surface area contributed by atoms with Crippen molar-refractivity contribution in [2.24, 2.45) is 0 Å². The number of nitrogens with two attached hydrogens (primary N) is 1. The maximum Gasteiger partial charge on any atom is 0.323 e. The van der Waals surface area contributed by atoms with Crippen molar-refractivity contribution in [3.63, 3.8) is 0 Å². The third-order valence-corrected chi connectivity index (χ3v) is 7.27. The Morgan fingerprint density at radius 1 is 1.14 bits per heavy atom. The third kappa shape index (κ3) is 5.38. The zero-order chi connectivity index (χ0) is 25.9. The summed E-state index contributed by atoms with van der Waals surface area (Å²) in [5, 5.41) is 28.3. The molecule has 37 heavy (non-hydrogen) atoms. The highest BCUT2D eigenvalue weighted by Gasteiger charge is 2.15. The summed E-state index contributed by atoms with van der Waals surface area (Å²) >= 11 is 7.63. The summed E-state index contributed by atoms with van der Waals surface area (Å²) in [6, 6.07) is 14.6. The highest BCUT2D eigenvalue weighted by Crippen LogP contribution is 2.38. The zero-order valence-electron chi connectivity index (χ0n) is 19.8. The number of aliphatic hydroxyl groups excluding tert-OH is 1. The number of urea groups is 1. The number of nitrogens with zero attached hydrogens (tertiary/aromatic N) is 5. The van der Waals surface area contributed by atoms with Gasteiger partial charge in [0.15, 0.2) is 5.82 Å². The number of aliphatic hydroxyl groups is 1. The van der Waals surface area contributed by atoms with Gasteiger partial charge in [-0.1, -0.05) is 11.6 Å². The van der Waals surface area contributed by atoms with E-state index in [-0.39, 0.29) is 12.6 Å². The minimum atomic E-state index is -0.350. The van der Waals surface area contributed by atoms with Crippen molar-refractivity contribution in [2.45, 2.75) is 19.9 Å². The number of benzene rings is 2. The number of hydrogen-bond donors (Lipinski definition) is 4. The topological polar surface area (TPSA) is 144 Å². The lowest BCUT2D eigenvalue weighted by atomic mass is 10.1. The Kier molecular flexibility index (Phi) is 6.99. The monoisotopic (exact) mass is 534 g/mol. The van der Waals surface area contributed by atoms with Crippen molar-refractivity contribution in [1.82, 2.24) is 25.2 Å². The van der Waals surface area contributed by atoms with E-state index in [1.807, 2.05) is 43.3 Å². The largest absolute Gasteiger partial charge is 0.396 e. The maximum atomic E-state index is 12.5. The van der Waals surface area contributed by atoms with E-state index < -0.39 is 0 Å². The quantitative estimate of drug-likeness (QED) is 0.225. The summed E-state index contributed by atoms with van der Waals surface area (Å²) in [6.45, 7) is 2.42. The maximum absolute atomic E-state index is 12.5. The molecule has 0 fully saturated rings. The van der Waals surface area contributed by atoms with Crippen LogP contribution in [-0.2, 0) is 6.54 Å². The van der Waals surface area contributed by atoms with E-state index in [1.54, 1.807) is 34.3 Å². The minimum absolute atomic E-state index is 0.0472. The number of nitrogens with one attached hydrogen (secondary N) is 2. The fourth-order valence-electron chi connectivity index (χ4n) is 3.85. The number of tetrazole rings is 1. The number of aromatic nitrogens is 5. The van der Waals surface area contributed by atoms with Crippen LogP contribution in [0.4, 0.5) is 22.0 Å². The van der Waals surface area contributed by atoms with E-state index in [4.69, 9.17) is 22.4 Å². The van der Waals surface area contributed by atoms with Crippen molar-refractivity contribution in [2.75, 3.05) is 23.0 Å². The molecule has 3 heterocycles. The number of halogens is 1. The number of pyridine rings is 1. The lowest BCUT2D eigenvalue weighted by molar-refractivity contribution is 0.262. The molecule has 0 spiro atoms. The number of carbonyl (C=O) groups is 1. The molecule has 0 aliphatic heterocycles. The lowest BCUT2D eigenvalue weighted by Crippen LogP contribution is -2.19. The molecule has 0 saturated carbocycles. The fourth-order valence-corrected chi connectivity index (χ4v) is 5.03. The van der Waals surface area contributed by atoms with Crippen LogP contribution in [0.25, 0.3) is 31.9 Å². The molecule has 5 N–H and O–H groups in total. The second-order valence-corrected chi connectivity index (χ2v) is 9.86. The van der Waals surface area contributed by atoms with E-state index in [0.717, 1.165) is 31.7 Å². The first kappa shape index (κ1) is 24.6. The van der Waals surface area contributed by atoms with Gasteiger partial charge in [0.25, 0.3) is 0 Å². The summed E-state index contributed by atoms with van der Waals surface area (Å²) in [4.78, 5) is 17.8. The predicted molar refractivity (Wildman–Crippen MR) is 147 cm³/mol. The van der Waals surface area contributed by atoms with Crippen LogP contribution >= 0.6 is 22.9 Å². The predicted octanol–water partition coefficient (Wildman–Crippen LogP) is 5.19. The molecular weight excluding hydrogens is 512 g/mol. The Hall–Kier alpha value is -4.06. The number of aryl methyl sites for hydroxylation is 2. The number of fused-ring (bicyclic) bond motifs is 1. The molecule has 5 aromatic rings. The Balaban J connectivity index is 1.38. The number of carbonyl (C=O) groups excluding carboxylic acids is 1. The van der Waals surface area contributed by atoms with Gasteiger partial charge in [0.2, 0.25) is 0 Å². The number of amides is 2. The van der Waals surface area contributed by atoms with Crippen LogP contribution in [-0.4, -0.2) is 42.9 Å². The average molecular weight is 535 g/mol. The van der Waals surface area contributed by atoms with E-state index in [0.29, 0.717) is 41.0 Å². The fraction of sp³-hybridized carbons (Fsp3) is 0.160. The first-order valence-electron chi connectivity index (χ1n) is 11.4.